The van der Waals surface area contributed by atoms with Crippen LogP contribution in [0.3, 0.4) is 0 Å². The fourth-order valence-electron chi connectivity index (χ4n) is 2.09. The van der Waals surface area contributed by atoms with Crippen LogP contribution in [0.15, 0.2) is 24.3 Å². The molecule has 0 spiro atoms. The molecule has 5 nitrogen and oxygen atoms in total. The van der Waals surface area contributed by atoms with Gasteiger partial charge in [-0.25, -0.2) is 0 Å². The Morgan fingerprint density at radius 2 is 2.21 bits per heavy atom. The summed E-state index contributed by atoms with van der Waals surface area (Å²) in [5.41, 5.74) is 0.591. The smallest absolute Gasteiger partial charge is 0.317 e. The van der Waals surface area contributed by atoms with Gasteiger partial charge in [0.2, 0.25) is 0 Å². The standard InChI is InChI=1S/C14H19NO4/c1-17-12-5-3-4-11(6-12)7-15-8-14(9-19-10-14)13(16)18-2/h3-6,15H,7-10H2,1-2H3. The zero-order valence-corrected chi connectivity index (χ0v) is 11.3. The number of methoxy groups -OCH3 is 2. The summed E-state index contributed by atoms with van der Waals surface area (Å²) in [6, 6.07) is 7.82. The molecule has 104 valence electrons. The molecule has 1 N–H and O–H groups in total. The van der Waals surface area contributed by atoms with Crippen LogP contribution in [0.5, 0.6) is 5.75 Å². The highest BCUT2D eigenvalue weighted by Crippen LogP contribution is 2.28. The Bertz CT molecular complexity index is 443. The van der Waals surface area contributed by atoms with Gasteiger partial charge >= 0.3 is 5.97 Å². The zero-order valence-electron chi connectivity index (χ0n) is 11.3. The van der Waals surface area contributed by atoms with Gasteiger partial charge in [0.25, 0.3) is 0 Å². The monoisotopic (exact) mass is 265 g/mol. The molecule has 1 aliphatic heterocycles. The molecule has 0 radical (unpaired) electrons. The van der Waals surface area contributed by atoms with Crippen LogP contribution in [0.25, 0.3) is 0 Å². The van der Waals surface area contributed by atoms with E-state index < -0.39 is 5.41 Å². The molecular weight excluding hydrogens is 246 g/mol. The van der Waals surface area contributed by atoms with Gasteiger partial charge in [-0.15, -0.1) is 0 Å². The van der Waals surface area contributed by atoms with Gasteiger partial charge in [0, 0.05) is 13.1 Å². The van der Waals surface area contributed by atoms with Gasteiger partial charge in [-0.1, -0.05) is 12.1 Å². The van der Waals surface area contributed by atoms with Crippen molar-refractivity contribution in [3.63, 3.8) is 0 Å². The number of rotatable bonds is 6. The minimum absolute atomic E-state index is 0.211. The van der Waals surface area contributed by atoms with Crippen molar-refractivity contribution in [2.45, 2.75) is 6.54 Å². The summed E-state index contributed by atoms with van der Waals surface area (Å²) in [7, 11) is 3.05. The van der Waals surface area contributed by atoms with Crippen molar-refractivity contribution < 1.29 is 19.0 Å². The molecule has 0 atom stereocenters. The van der Waals surface area contributed by atoms with Crippen LogP contribution in [-0.2, 0) is 20.8 Å². The van der Waals surface area contributed by atoms with Crippen molar-refractivity contribution in [2.24, 2.45) is 5.41 Å². The predicted molar refractivity (Wildman–Crippen MR) is 70.0 cm³/mol. The molecule has 0 unspecified atom stereocenters. The predicted octanol–water partition coefficient (Wildman–Crippen LogP) is 0.974. The first kappa shape index (κ1) is 13.8. The molecule has 1 aliphatic rings. The lowest BCUT2D eigenvalue weighted by molar-refractivity contribution is -0.182. The van der Waals surface area contributed by atoms with E-state index in [0.29, 0.717) is 26.3 Å². The Morgan fingerprint density at radius 3 is 2.79 bits per heavy atom. The molecule has 0 amide bonds. The fraction of sp³-hybridized carbons (Fsp3) is 0.500. The highest BCUT2D eigenvalue weighted by atomic mass is 16.5. The van der Waals surface area contributed by atoms with Crippen LogP contribution in [0.2, 0.25) is 0 Å². The molecule has 1 saturated heterocycles. The minimum Gasteiger partial charge on any atom is -0.497 e. The maximum Gasteiger partial charge on any atom is 0.317 e. The SMILES string of the molecule is COC(=O)C1(CNCc2cccc(OC)c2)COC1. The number of esters is 1. The summed E-state index contributed by atoms with van der Waals surface area (Å²) in [5, 5.41) is 3.27. The second-order valence-electron chi connectivity index (χ2n) is 4.72. The molecule has 0 bridgehead atoms. The number of carbonyl (C=O) groups is 1. The van der Waals surface area contributed by atoms with E-state index >= 15 is 0 Å². The van der Waals surface area contributed by atoms with Gasteiger partial charge in [0.1, 0.15) is 11.2 Å². The average Bonchev–Trinajstić information content (AvgIpc) is 2.41. The van der Waals surface area contributed by atoms with Crippen molar-refractivity contribution in [2.75, 3.05) is 34.0 Å². The molecule has 0 saturated carbocycles. The lowest BCUT2D eigenvalue weighted by atomic mass is 9.86. The maximum atomic E-state index is 11.7. The minimum atomic E-state index is -0.520. The van der Waals surface area contributed by atoms with E-state index in [-0.39, 0.29) is 5.97 Å². The van der Waals surface area contributed by atoms with Gasteiger partial charge in [0.05, 0.1) is 27.4 Å². The molecule has 1 aromatic rings. The molecule has 5 heteroatoms. The second kappa shape index (κ2) is 6.04. The van der Waals surface area contributed by atoms with Crippen LogP contribution >= 0.6 is 0 Å². The lowest BCUT2D eigenvalue weighted by Crippen LogP contribution is -2.55. The van der Waals surface area contributed by atoms with Gasteiger partial charge in [-0.2, -0.15) is 0 Å². The first-order valence-corrected chi connectivity index (χ1v) is 6.20. The van der Waals surface area contributed by atoms with Gasteiger partial charge in [-0.05, 0) is 17.7 Å². The third kappa shape index (κ3) is 3.05. The molecule has 19 heavy (non-hydrogen) atoms. The van der Waals surface area contributed by atoms with Crippen molar-refractivity contribution in [3.8, 4) is 5.75 Å². The van der Waals surface area contributed by atoms with E-state index in [1.165, 1.54) is 7.11 Å². The normalized spacial score (nSPS) is 16.5. The quantitative estimate of drug-likeness (QED) is 0.777. The number of nitrogens with one attached hydrogen (secondary N) is 1. The Balaban J connectivity index is 1.87. The Kier molecular flexibility index (Phi) is 4.39. The molecule has 1 aromatic carbocycles. The summed E-state index contributed by atoms with van der Waals surface area (Å²) in [4.78, 5) is 11.7. The fourth-order valence-corrected chi connectivity index (χ4v) is 2.09. The number of carbonyl (C=O) groups excluding carboxylic acids is 1. The van der Waals surface area contributed by atoms with Crippen molar-refractivity contribution in [3.05, 3.63) is 29.8 Å². The van der Waals surface area contributed by atoms with Gasteiger partial charge in [0.15, 0.2) is 0 Å². The highest BCUT2D eigenvalue weighted by molar-refractivity contribution is 5.78. The zero-order chi connectivity index (χ0) is 13.7. The van der Waals surface area contributed by atoms with E-state index in [1.54, 1.807) is 7.11 Å². The Labute approximate surface area is 112 Å². The van der Waals surface area contributed by atoms with E-state index in [0.717, 1.165) is 11.3 Å². The topological polar surface area (TPSA) is 56.8 Å². The molecule has 1 heterocycles. The third-order valence-electron chi connectivity index (χ3n) is 3.30. The average molecular weight is 265 g/mol. The molecule has 0 aliphatic carbocycles. The summed E-state index contributed by atoms with van der Waals surface area (Å²) in [6.45, 7) is 2.07. The lowest BCUT2D eigenvalue weighted by Gasteiger charge is -2.38. The largest absolute Gasteiger partial charge is 0.497 e. The molecule has 0 aromatic heterocycles. The third-order valence-corrected chi connectivity index (χ3v) is 3.30. The number of hydrogen-bond acceptors (Lipinski definition) is 5. The van der Waals surface area contributed by atoms with Crippen LogP contribution in [-0.4, -0.2) is 39.9 Å². The van der Waals surface area contributed by atoms with Crippen LogP contribution < -0.4 is 10.1 Å². The maximum absolute atomic E-state index is 11.7. The number of ether oxygens (including phenoxy) is 3. The second-order valence-corrected chi connectivity index (χ2v) is 4.72. The van der Waals surface area contributed by atoms with E-state index in [2.05, 4.69) is 5.32 Å². The van der Waals surface area contributed by atoms with E-state index in [1.807, 2.05) is 24.3 Å². The van der Waals surface area contributed by atoms with Crippen LogP contribution in [0.4, 0.5) is 0 Å². The first-order chi connectivity index (χ1) is 9.20. The summed E-state index contributed by atoms with van der Waals surface area (Å²) >= 11 is 0. The van der Waals surface area contributed by atoms with E-state index in [4.69, 9.17) is 14.2 Å². The molecule has 1 fully saturated rings. The molecular formula is C14H19NO4. The van der Waals surface area contributed by atoms with Crippen molar-refractivity contribution in [1.29, 1.82) is 0 Å². The number of benzene rings is 1. The van der Waals surface area contributed by atoms with Gasteiger partial charge in [-0.3, -0.25) is 4.79 Å². The molecule has 2 rings (SSSR count). The van der Waals surface area contributed by atoms with Crippen LogP contribution in [0, 0.1) is 5.41 Å². The summed E-state index contributed by atoms with van der Waals surface area (Å²) in [5.74, 6) is 0.617. The van der Waals surface area contributed by atoms with Crippen molar-refractivity contribution >= 4 is 5.97 Å². The first-order valence-electron chi connectivity index (χ1n) is 6.20. The highest BCUT2D eigenvalue weighted by Gasteiger charge is 2.46. The Hall–Kier alpha value is -1.59. The number of hydrogen-bond donors (Lipinski definition) is 1. The Morgan fingerprint density at radius 1 is 1.42 bits per heavy atom. The van der Waals surface area contributed by atoms with Crippen LogP contribution in [0.1, 0.15) is 5.56 Å². The van der Waals surface area contributed by atoms with E-state index in [9.17, 15) is 4.79 Å². The van der Waals surface area contributed by atoms with Gasteiger partial charge < -0.3 is 19.5 Å². The summed E-state index contributed by atoms with van der Waals surface area (Å²) in [6.07, 6.45) is 0. The van der Waals surface area contributed by atoms with Crippen molar-refractivity contribution in [1.82, 2.24) is 5.32 Å². The summed E-state index contributed by atoms with van der Waals surface area (Å²) < 4.78 is 15.1.